The first-order chi connectivity index (χ1) is 18.1. The molecule has 4 rings (SSSR count). The maximum atomic E-state index is 15.0. The second kappa shape index (κ2) is 11.6. The van der Waals surface area contributed by atoms with Crippen LogP contribution in [0.4, 0.5) is 14.5 Å². The Kier molecular flexibility index (Phi) is 8.45. The Bertz CT molecular complexity index is 1320. The van der Waals surface area contributed by atoms with Gasteiger partial charge < -0.3 is 10.0 Å². The van der Waals surface area contributed by atoms with Crippen LogP contribution in [-0.4, -0.2) is 42.7 Å². The van der Waals surface area contributed by atoms with Crippen LogP contribution in [0.2, 0.25) is 0 Å². The van der Waals surface area contributed by atoms with Gasteiger partial charge in [0.1, 0.15) is 29.9 Å². The summed E-state index contributed by atoms with van der Waals surface area (Å²) in [6, 6.07) is 8.71. The SMILES string of the molecule is CC(C)CCN(CCC(C)C)c1ccc2c(cnn2[C@H](C)[C@](O)(Cn2cncn2)c2ccc(F)cc2F)c1. The number of aromatic nitrogens is 5. The lowest BCUT2D eigenvalue weighted by atomic mass is 9.86. The lowest BCUT2D eigenvalue weighted by molar-refractivity contribution is -0.0354. The van der Waals surface area contributed by atoms with Crippen LogP contribution >= 0.6 is 0 Å². The number of anilines is 1. The van der Waals surface area contributed by atoms with E-state index in [0.717, 1.165) is 54.7 Å². The highest BCUT2D eigenvalue weighted by atomic mass is 19.1. The Morgan fingerprint density at radius 1 is 0.947 bits per heavy atom. The smallest absolute Gasteiger partial charge is 0.137 e. The van der Waals surface area contributed by atoms with E-state index in [4.69, 9.17) is 0 Å². The molecule has 2 atom stereocenters. The molecule has 0 saturated heterocycles. The van der Waals surface area contributed by atoms with E-state index in [0.29, 0.717) is 11.8 Å². The molecule has 2 aromatic heterocycles. The number of aliphatic hydroxyl groups is 1. The van der Waals surface area contributed by atoms with E-state index in [9.17, 15) is 9.50 Å². The van der Waals surface area contributed by atoms with Crippen molar-refractivity contribution in [2.75, 3.05) is 18.0 Å². The molecule has 0 saturated carbocycles. The molecule has 0 fully saturated rings. The van der Waals surface area contributed by atoms with Crippen LogP contribution in [0, 0.1) is 23.5 Å². The third-order valence-corrected chi connectivity index (χ3v) is 7.22. The van der Waals surface area contributed by atoms with Gasteiger partial charge in [0.25, 0.3) is 0 Å². The highest BCUT2D eigenvalue weighted by Crippen LogP contribution is 2.38. The monoisotopic (exact) mass is 524 g/mol. The molecule has 0 radical (unpaired) electrons. The number of halogens is 2. The lowest BCUT2D eigenvalue weighted by Crippen LogP contribution is -2.41. The van der Waals surface area contributed by atoms with Gasteiger partial charge in [0, 0.05) is 35.8 Å². The van der Waals surface area contributed by atoms with Gasteiger partial charge in [-0.1, -0.05) is 33.8 Å². The van der Waals surface area contributed by atoms with Crippen molar-refractivity contribution in [2.45, 2.75) is 65.6 Å². The largest absolute Gasteiger partial charge is 0.381 e. The van der Waals surface area contributed by atoms with Crippen LogP contribution in [0.3, 0.4) is 0 Å². The molecule has 204 valence electrons. The molecule has 0 aliphatic heterocycles. The first-order valence-corrected chi connectivity index (χ1v) is 13.3. The van der Waals surface area contributed by atoms with Crippen molar-refractivity contribution in [1.29, 1.82) is 0 Å². The van der Waals surface area contributed by atoms with Crippen molar-refractivity contribution in [3.63, 3.8) is 0 Å². The van der Waals surface area contributed by atoms with Gasteiger partial charge in [0.05, 0.1) is 24.3 Å². The van der Waals surface area contributed by atoms with Crippen LogP contribution in [0.5, 0.6) is 0 Å². The summed E-state index contributed by atoms with van der Waals surface area (Å²) in [5, 5.41) is 21.6. The number of benzene rings is 2. The van der Waals surface area contributed by atoms with Crippen LogP contribution in [-0.2, 0) is 12.1 Å². The molecular formula is C29H38F2N6O. The maximum Gasteiger partial charge on any atom is 0.137 e. The average molecular weight is 525 g/mol. The van der Waals surface area contributed by atoms with Gasteiger partial charge in [-0.05, 0) is 55.9 Å². The minimum atomic E-state index is -1.79. The molecule has 0 unspecified atom stereocenters. The lowest BCUT2D eigenvalue weighted by Gasteiger charge is -2.35. The molecule has 1 N–H and O–H groups in total. The highest BCUT2D eigenvalue weighted by molar-refractivity contribution is 5.83. The quantitative estimate of drug-likeness (QED) is 0.248. The summed E-state index contributed by atoms with van der Waals surface area (Å²) in [7, 11) is 0. The molecule has 0 spiro atoms. The van der Waals surface area contributed by atoms with Gasteiger partial charge in [-0.25, -0.2) is 18.4 Å². The summed E-state index contributed by atoms with van der Waals surface area (Å²) in [5.74, 6) is -0.320. The van der Waals surface area contributed by atoms with Crippen LogP contribution in [0.15, 0.2) is 55.2 Å². The van der Waals surface area contributed by atoms with E-state index in [2.05, 4.69) is 59.9 Å². The van der Waals surface area contributed by atoms with Gasteiger partial charge in [0.15, 0.2) is 0 Å². The molecule has 0 bridgehead atoms. The van der Waals surface area contributed by atoms with Crippen molar-refractivity contribution < 1.29 is 13.9 Å². The number of nitrogens with zero attached hydrogens (tertiary/aromatic N) is 6. The number of hydrogen-bond acceptors (Lipinski definition) is 5. The van der Waals surface area contributed by atoms with Gasteiger partial charge in [-0.3, -0.25) is 4.68 Å². The van der Waals surface area contributed by atoms with E-state index < -0.39 is 23.3 Å². The average Bonchev–Trinajstić information content (AvgIpc) is 3.52. The van der Waals surface area contributed by atoms with Crippen LogP contribution in [0.1, 0.15) is 59.1 Å². The molecule has 2 heterocycles. The molecule has 0 aliphatic rings. The van der Waals surface area contributed by atoms with Crippen LogP contribution in [0.25, 0.3) is 10.9 Å². The summed E-state index contributed by atoms with van der Waals surface area (Å²) < 4.78 is 31.9. The molecule has 7 nitrogen and oxygen atoms in total. The maximum absolute atomic E-state index is 15.0. The summed E-state index contributed by atoms with van der Waals surface area (Å²) >= 11 is 0. The molecular weight excluding hydrogens is 486 g/mol. The summed E-state index contributed by atoms with van der Waals surface area (Å²) in [6.07, 6.45) is 6.78. The fourth-order valence-corrected chi connectivity index (χ4v) is 4.79. The normalized spacial score (nSPS) is 14.4. The van der Waals surface area contributed by atoms with E-state index in [-0.39, 0.29) is 12.1 Å². The second-order valence-corrected chi connectivity index (χ2v) is 11.0. The zero-order valence-corrected chi connectivity index (χ0v) is 22.9. The first kappa shape index (κ1) is 27.7. The minimum Gasteiger partial charge on any atom is -0.381 e. The first-order valence-electron chi connectivity index (χ1n) is 13.3. The predicted molar refractivity (Wildman–Crippen MR) is 146 cm³/mol. The van der Waals surface area contributed by atoms with E-state index in [1.54, 1.807) is 17.8 Å². The number of hydrogen-bond donors (Lipinski definition) is 1. The number of rotatable bonds is 12. The minimum absolute atomic E-state index is 0.0317. The van der Waals surface area contributed by atoms with E-state index in [1.165, 1.54) is 23.4 Å². The highest BCUT2D eigenvalue weighted by Gasteiger charge is 2.41. The number of fused-ring (bicyclic) bond motifs is 1. The Balaban J connectivity index is 1.71. The summed E-state index contributed by atoms with van der Waals surface area (Å²) in [5.41, 5.74) is 0.126. The summed E-state index contributed by atoms with van der Waals surface area (Å²) in [6.45, 7) is 12.6. The Hall–Kier alpha value is -3.33. The second-order valence-electron chi connectivity index (χ2n) is 11.0. The third-order valence-electron chi connectivity index (χ3n) is 7.22. The molecule has 0 aliphatic carbocycles. The summed E-state index contributed by atoms with van der Waals surface area (Å²) in [4.78, 5) is 6.37. The van der Waals surface area contributed by atoms with Gasteiger partial charge in [-0.15, -0.1) is 0 Å². The van der Waals surface area contributed by atoms with Crippen LogP contribution < -0.4 is 4.90 Å². The Morgan fingerprint density at radius 3 is 2.26 bits per heavy atom. The van der Waals surface area contributed by atoms with Crippen molar-refractivity contribution in [2.24, 2.45) is 11.8 Å². The van der Waals surface area contributed by atoms with E-state index >= 15 is 4.39 Å². The third kappa shape index (κ3) is 6.04. The molecule has 2 aromatic carbocycles. The fraction of sp³-hybridized carbons (Fsp3) is 0.483. The molecule has 38 heavy (non-hydrogen) atoms. The van der Waals surface area contributed by atoms with Gasteiger partial charge in [-0.2, -0.15) is 10.2 Å². The van der Waals surface area contributed by atoms with Crippen molar-refractivity contribution in [3.8, 4) is 0 Å². The van der Waals surface area contributed by atoms with Gasteiger partial charge >= 0.3 is 0 Å². The fourth-order valence-electron chi connectivity index (χ4n) is 4.79. The van der Waals surface area contributed by atoms with Gasteiger partial charge in [0.2, 0.25) is 0 Å². The molecule has 0 amide bonds. The Morgan fingerprint density at radius 2 is 1.66 bits per heavy atom. The Labute approximate surface area is 223 Å². The van der Waals surface area contributed by atoms with Crippen molar-refractivity contribution >= 4 is 16.6 Å². The zero-order chi connectivity index (χ0) is 27.4. The van der Waals surface area contributed by atoms with Crippen molar-refractivity contribution in [1.82, 2.24) is 24.5 Å². The predicted octanol–water partition coefficient (Wildman–Crippen LogP) is 5.95. The standard InChI is InChI=1S/C29H38F2N6O/c1-20(2)10-12-35(13-11-21(3)4)25-7-9-28-23(14-25)16-33-37(28)22(5)29(38,17-36-19-32-18-34-36)26-8-6-24(30)15-27(26)31/h6-9,14-16,18-22,38H,10-13,17H2,1-5H3/t22-,29-/m1/s1. The topological polar surface area (TPSA) is 72.0 Å². The van der Waals surface area contributed by atoms with Crippen molar-refractivity contribution in [3.05, 3.63) is 72.4 Å². The zero-order valence-electron chi connectivity index (χ0n) is 22.9. The molecule has 4 aromatic rings. The molecule has 9 heteroatoms. The van der Waals surface area contributed by atoms with E-state index in [1.807, 2.05) is 6.07 Å².